The molecule has 0 bridgehead atoms. The van der Waals surface area contributed by atoms with Gasteiger partial charge in [0, 0.05) is 10.9 Å². The second-order valence-electron chi connectivity index (χ2n) is 8.03. The van der Waals surface area contributed by atoms with Crippen molar-refractivity contribution in [2.75, 3.05) is 16.4 Å². The van der Waals surface area contributed by atoms with Crippen LogP contribution in [0.3, 0.4) is 0 Å². The number of carbonyl (C=O) groups excluding carboxylic acids is 1. The maximum atomic E-state index is 13.4. The number of fused-ring (bicyclic) bond motifs is 1. The maximum absolute atomic E-state index is 13.4. The molecule has 0 aromatic heterocycles. The minimum absolute atomic E-state index is 0.0356. The molecule has 0 spiro atoms. The molecular formula is C21H15F7N2O3S2. The van der Waals surface area contributed by atoms with Crippen molar-refractivity contribution in [2.45, 2.75) is 30.1 Å². The molecular weight excluding hydrogens is 525 g/mol. The van der Waals surface area contributed by atoms with Crippen molar-refractivity contribution in [3.05, 3.63) is 65.0 Å². The molecule has 0 unspecified atom stereocenters. The summed E-state index contributed by atoms with van der Waals surface area (Å²) in [5.41, 5.74) is -3.34. The molecule has 0 N–H and O–H groups in total. The van der Waals surface area contributed by atoms with Crippen LogP contribution in [0.15, 0.2) is 47.5 Å². The van der Waals surface area contributed by atoms with Gasteiger partial charge in [0.1, 0.15) is 5.82 Å². The summed E-state index contributed by atoms with van der Waals surface area (Å²) in [7, 11) is -3.61. The topological polar surface area (TPSA) is 66.8 Å². The third-order valence-corrected chi connectivity index (χ3v) is 8.62. The fraction of sp³-hybridized carbons (Fsp3) is 0.333. The number of sulfone groups is 1. The summed E-state index contributed by atoms with van der Waals surface area (Å²) >= 11 is 0.808. The molecule has 188 valence electrons. The van der Waals surface area contributed by atoms with Gasteiger partial charge in [-0.1, -0.05) is 23.9 Å². The molecule has 2 fully saturated rings. The van der Waals surface area contributed by atoms with E-state index in [1.165, 1.54) is 12.1 Å². The molecule has 2 heterocycles. The van der Waals surface area contributed by atoms with Gasteiger partial charge in [-0.25, -0.2) is 12.8 Å². The van der Waals surface area contributed by atoms with E-state index in [1.807, 2.05) is 0 Å². The Morgan fingerprint density at radius 3 is 2.09 bits per heavy atom. The highest BCUT2D eigenvalue weighted by atomic mass is 32.2. The molecule has 35 heavy (non-hydrogen) atoms. The Hall–Kier alpha value is -2.61. The van der Waals surface area contributed by atoms with Crippen LogP contribution in [0.25, 0.3) is 0 Å². The molecule has 2 aromatic carbocycles. The molecule has 4 rings (SSSR count). The van der Waals surface area contributed by atoms with E-state index in [-0.39, 0.29) is 23.4 Å². The number of amides is 1. The van der Waals surface area contributed by atoms with Crippen LogP contribution in [0.4, 0.5) is 36.4 Å². The SMILES string of the molecule is O=C(Cc1ccc(F)cc1)N=C1S[C@@H]2CS(=O)(=O)C[C@@H]2N1c1cc(C(F)(F)F)cc(C(F)(F)F)c1. The average Bonchev–Trinajstić information content (AvgIpc) is 3.18. The number of hydrogen-bond acceptors (Lipinski definition) is 4. The zero-order chi connectivity index (χ0) is 25.8. The molecule has 2 aliphatic rings. The van der Waals surface area contributed by atoms with E-state index in [1.54, 1.807) is 0 Å². The Kier molecular flexibility index (Phi) is 6.41. The van der Waals surface area contributed by atoms with Gasteiger partial charge in [0.05, 0.1) is 35.1 Å². The lowest BCUT2D eigenvalue weighted by molar-refractivity contribution is -0.143. The molecule has 0 aliphatic carbocycles. The van der Waals surface area contributed by atoms with Crippen molar-refractivity contribution in [1.29, 1.82) is 0 Å². The van der Waals surface area contributed by atoms with Crippen LogP contribution in [0, 0.1) is 5.82 Å². The third kappa shape index (κ3) is 5.63. The van der Waals surface area contributed by atoms with Crippen molar-refractivity contribution < 1.29 is 43.9 Å². The van der Waals surface area contributed by atoms with Crippen LogP contribution >= 0.6 is 11.8 Å². The first-order valence-corrected chi connectivity index (χ1v) is 12.6. The zero-order valence-electron chi connectivity index (χ0n) is 17.4. The molecule has 14 heteroatoms. The number of thioether (sulfide) groups is 1. The van der Waals surface area contributed by atoms with Gasteiger partial charge < -0.3 is 4.90 Å². The fourth-order valence-corrected chi connectivity index (χ4v) is 7.80. The summed E-state index contributed by atoms with van der Waals surface area (Å²) in [5.74, 6) is -2.21. The summed E-state index contributed by atoms with van der Waals surface area (Å²) in [6.45, 7) is 0. The van der Waals surface area contributed by atoms with Crippen LogP contribution in [-0.2, 0) is 33.4 Å². The van der Waals surface area contributed by atoms with Crippen LogP contribution in [0.2, 0.25) is 0 Å². The largest absolute Gasteiger partial charge is 0.416 e. The fourth-order valence-electron chi connectivity index (χ4n) is 3.87. The molecule has 2 aromatic rings. The summed E-state index contributed by atoms with van der Waals surface area (Å²) in [4.78, 5) is 17.4. The van der Waals surface area contributed by atoms with Gasteiger partial charge in [-0.3, -0.25) is 4.79 Å². The summed E-state index contributed by atoms with van der Waals surface area (Å²) in [6.07, 6.45) is -10.5. The summed E-state index contributed by atoms with van der Waals surface area (Å²) in [6, 6.07) is 4.80. The first kappa shape index (κ1) is 25.5. The molecule has 5 nitrogen and oxygen atoms in total. The molecule has 2 atom stereocenters. The van der Waals surface area contributed by atoms with Gasteiger partial charge in [-0.2, -0.15) is 31.3 Å². The molecule has 0 radical (unpaired) electrons. The van der Waals surface area contributed by atoms with Crippen LogP contribution < -0.4 is 4.90 Å². The highest BCUT2D eigenvalue weighted by molar-refractivity contribution is 8.16. The third-order valence-electron chi connectivity index (χ3n) is 5.41. The van der Waals surface area contributed by atoms with E-state index in [0.717, 1.165) is 28.8 Å². The van der Waals surface area contributed by atoms with Gasteiger partial charge >= 0.3 is 12.4 Å². The number of alkyl halides is 6. The highest BCUT2D eigenvalue weighted by Gasteiger charge is 2.50. The van der Waals surface area contributed by atoms with Crippen molar-refractivity contribution in [1.82, 2.24) is 0 Å². The summed E-state index contributed by atoms with van der Waals surface area (Å²) in [5, 5.41) is -0.935. The number of amidine groups is 1. The predicted molar refractivity (Wildman–Crippen MR) is 115 cm³/mol. The number of nitrogens with zero attached hydrogens (tertiary/aromatic N) is 2. The zero-order valence-corrected chi connectivity index (χ0v) is 19.0. The predicted octanol–water partition coefficient (Wildman–Crippen LogP) is 4.71. The van der Waals surface area contributed by atoms with E-state index in [0.29, 0.717) is 17.7 Å². The normalized spacial score (nSPS) is 23.1. The quantitative estimate of drug-likeness (QED) is 0.528. The van der Waals surface area contributed by atoms with Crippen LogP contribution in [0.5, 0.6) is 0 Å². The Morgan fingerprint density at radius 2 is 1.54 bits per heavy atom. The minimum atomic E-state index is -5.11. The standard InChI is InChI=1S/C21H15F7N2O3S2/c22-14-3-1-11(2-4-14)5-18(31)29-19-30(16-9-35(32,33)10-17(16)34-19)15-7-12(20(23,24)25)6-13(8-15)21(26,27)28/h1-4,6-8,16-17H,5,9-10H2/t16-,17+/m0/s1. The van der Waals surface area contributed by atoms with Crippen LogP contribution in [-0.4, -0.2) is 42.3 Å². The van der Waals surface area contributed by atoms with E-state index in [4.69, 9.17) is 0 Å². The average molecular weight is 540 g/mol. The van der Waals surface area contributed by atoms with Gasteiger partial charge in [0.2, 0.25) is 0 Å². The monoisotopic (exact) mass is 540 g/mol. The van der Waals surface area contributed by atoms with Crippen molar-refractivity contribution in [2.24, 2.45) is 4.99 Å². The maximum Gasteiger partial charge on any atom is 0.416 e. The van der Waals surface area contributed by atoms with E-state index < -0.39 is 67.8 Å². The van der Waals surface area contributed by atoms with Gasteiger partial charge in [0.15, 0.2) is 15.0 Å². The van der Waals surface area contributed by atoms with Crippen molar-refractivity contribution in [3.63, 3.8) is 0 Å². The first-order valence-electron chi connectivity index (χ1n) is 9.94. The van der Waals surface area contributed by atoms with Gasteiger partial charge in [-0.05, 0) is 35.9 Å². The van der Waals surface area contributed by atoms with Crippen LogP contribution in [0.1, 0.15) is 16.7 Å². The van der Waals surface area contributed by atoms with Crippen molar-refractivity contribution >= 4 is 38.4 Å². The smallest absolute Gasteiger partial charge is 0.316 e. The Morgan fingerprint density at radius 1 is 0.971 bits per heavy atom. The Labute approximate surface area is 198 Å². The van der Waals surface area contributed by atoms with Gasteiger partial charge in [-0.15, -0.1) is 0 Å². The lowest BCUT2D eigenvalue weighted by Gasteiger charge is -2.26. The Balaban J connectivity index is 1.77. The lowest BCUT2D eigenvalue weighted by Crippen LogP contribution is -2.38. The van der Waals surface area contributed by atoms with Gasteiger partial charge in [0.25, 0.3) is 5.91 Å². The van der Waals surface area contributed by atoms with E-state index >= 15 is 0 Å². The molecule has 1 amide bonds. The van der Waals surface area contributed by atoms with Crippen molar-refractivity contribution in [3.8, 4) is 0 Å². The summed E-state index contributed by atoms with van der Waals surface area (Å²) < 4.78 is 118. The Bertz CT molecular complexity index is 1260. The molecule has 2 aliphatic heterocycles. The first-order chi connectivity index (χ1) is 16.1. The number of halogens is 7. The number of benzene rings is 2. The number of rotatable bonds is 3. The second kappa shape index (κ2) is 8.80. The van der Waals surface area contributed by atoms with E-state index in [2.05, 4.69) is 4.99 Å². The molecule has 2 saturated heterocycles. The minimum Gasteiger partial charge on any atom is -0.316 e. The second-order valence-corrected chi connectivity index (χ2v) is 11.4. The number of aliphatic imine (C=N–C) groups is 1. The lowest BCUT2D eigenvalue weighted by atomic mass is 10.1. The number of carbonyl (C=O) groups is 1. The molecule has 0 saturated carbocycles. The number of anilines is 1. The highest BCUT2D eigenvalue weighted by Crippen LogP contribution is 2.44. The number of hydrogen-bond donors (Lipinski definition) is 0. The van der Waals surface area contributed by atoms with E-state index in [9.17, 15) is 43.9 Å².